The molecule has 7 nitrogen and oxygen atoms in total. The summed E-state index contributed by atoms with van der Waals surface area (Å²) in [6.07, 6.45) is 1.15. The first-order valence-electron chi connectivity index (χ1n) is 10.1. The zero-order chi connectivity index (χ0) is 20.1. The Labute approximate surface area is 168 Å². The molecule has 2 saturated heterocycles. The SMILES string of the molecule is CCS(=O)(=O)N1CCC(C(=O)NC(C)c2ccc(N3CCOCC3)cc2)CC1. The molecule has 0 aromatic heterocycles. The Balaban J connectivity index is 1.51. The maximum absolute atomic E-state index is 12.6. The predicted molar refractivity (Wildman–Crippen MR) is 110 cm³/mol. The van der Waals surface area contributed by atoms with Crippen molar-refractivity contribution in [1.29, 1.82) is 0 Å². The van der Waals surface area contributed by atoms with Crippen LogP contribution < -0.4 is 10.2 Å². The van der Waals surface area contributed by atoms with Gasteiger partial charge in [-0.05, 0) is 44.4 Å². The summed E-state index contributed by atoms with van der Waals surface area (Å²) in [5.74, 6) is -0.00174. The fourth-order valence-electron chi connectivity index (χ4n) is 3.79. The molecule has 2 aliphatic heterocycles. The molecule has 1 unspecified atom stereocenters. The van der Waals surface area contributed by atoms with Gasteiger partial charge in [0.2, 0.25) is 15.9 Å². The smallest absolute Gasteiger partial charge is 0.223 e. The van der Waals surface area contributed by atoms with Crippen LogP contribution in [0.25, 0.3) is 0 Å². The molecule has 28 heavy (non-hydrogen) atoms. The lowest BCUT2D eigenvalue weighted by atomic mass is 9.96. The van der Waals surface area contributed by atoms with Crippen LogP contribution in [0.15, 0.2) is 24.3 Å². The number of sulfonamides is 1. The van der Waals surface area contributed by atoms with Gasteiger partial charge in [-0.1, -0.05) is 12.1 Å². The van der Waals surface area contributed by atoms with Crippen molar-refractivity contribution < 1.29 is 17.9 Å². The van der Waals surface area contributed by atoms with Crippen molar-refractivity contribution in [2.24, 2.45) is 5.92 Å². The Morgan fingerprint density at radius 1 is 1.14 bits per heavy atom. The number of piperidine rings is 1. The monoisotopic (exact) mass is 409 g/mol. The lowest BCUT2D eigenvalue weighted by Crippen LogP contribution is -2.43. The van der Waals surface area contributed by atoms with Crippen LogP contribution in [-0.2, 0) is 19.6 Å². The molecule has 1 amide bonds. The van der Waals surface area contributed by atoms with Gasteiger partial charge in [-0.25, -0.2) is 12.7 Å². The van der Waals surface area contributed by atoms with Crippen LogP contribution in [0.2, 0.25) is 0 Å². The van der Waals surface area contributed by atoms with Crippen molar-refractivity contribution in [3.05, 3.63) is 29.8 Å². The van der Waals surface area contributed by atoms with Crippen molar-refractivity contribution in [3.63, 3.8) is 0 Å². The van der Waals surface area contributed by atoms with Crippen molar-refractivity contribution in [1.82, 2.24) is 9.62 Å². The van der Waals surface area contributed by atoms with E-state index < -0.39 is 10.0 Å². The molecular weight excluding hydrogens is 378 g/mol. The van der Waals surface area contributed by atoms with E-state index in [1.807, 2.05) is 6.92 Å². The van der Waals surface area contributed by atoms with Crippen LogP contribution in [0.3, 0.4) is 0 Å². The van der Waals surface area contributed by atoms with Gasteiger partial charge in [0.05, 0.1) is 25.0 Å². The molecule has 1 N–H and O–H groups in total. The number of nitrogens with zero attached hydrogens (tertiary/aromatic N) is 2. The minimum absolute atomic E-state index is 0.0123. The van der Waals surface area contributed by atoms with Crippen molar-refractivity contribution >= 4 is 21.6 Å². The summed E-state index contributed by atoms with van der Waals surface area (Å²) < 4.78 is 30.8. The molecule has 0 saturated carbocycles. The number of ether oxygens (including phenoxy) is 1. The quantitative estimate of drug-likeness (QED) is 0.775. The number of amides is 1. The third kappa shape index (κ3) is 5.04. The van der Waals surface area contributed by atoms with Crippen LogP contribution >= 0.6 is 0 Å². The summed E-state index contributed by atoms with van der Waals surface area (Å²) >= 11 is 0. The van der Waals surface area contributed by atoms with Gasteiger partial charge in [0.25, 0.3) is 0 Å². The Morgan fingerprint density at radius 3 is 2.32 bits per heavy atom. The molecule has 0 radical (unpaired) electrons. The summed E-state index contributed by atoms with van der Waals surface area (Å²) in [5, 5.41) is 3.09. The maximum Gasteiger partial charge on any atom is 0.223 e. The van der Waals surface area contributed by atoms with Gasteiger partial charge in [0.1, 0.15) is 0 Å². The third-order valence-electron chi connectivity index (χ3n) is 5.71. The number of hydrogen-bond donors (Lipinski definition) is 1. The molecule has 0 spiro atoms. The Kier molecular flexibility index (Phi) is 6.95. The number of benzene rings is 1. The van der Waals surface area contributed by atoms with E-state index >= 15 is 0 Å². The second-order valence-corrected chi connectivity index (χ2v) is 9.75. The minimum Gasteiger partial charge on any atom is -0.378 e. The Bertz CT molecular complexity index is 752. The van der Waals surface area contributed by atoms with E-state index in [9.17, 15) is 13.2 Å². The van der Waals surface area contributed by atoms with E-state index in [4.69, 9.17) is 4.74 Å². The number of carbonyl (C=O) groups excluding carboxylic acids is 1. The lowest BCUT2D eigenvalue weighted by Gasteiger charge is -2.31. The largest absolute Gasteiger partial charge is 0.378 e. The maximum atomic E-state index is 12.6. The van der Waals surface area contributed by atoms with Crippen LogP contribution in [0.1, 0.15) is 38.3 Å². The molecule has 156 valence electrons. The fraction of sp³-hybridized carbons (Fsp3) is 0.650. The molecule has 8 heteroatoms. The van der Waals surface area contributed by atoms with Gasteiger partial charge in [0.15, 0.2) is 0 Å². The van der Waals surface area contributed by atoms with E-state index in [0.29, 0.717) is 25.9 Å². The highest BCUT2D eigenvalue weighted by Gasteiger charge is 2.30. The topological polar surface area (TPSA) is 79.0 Å². The zero-order valence-electron chi connectivity index (χ0n) is 16.8. The van der Waals surface area contributed by atoms with Crippen LogP contribution in [0, 0.1) is 5.92 Å². The van der Waals surface area contributed by atoms with Gasteiger partial charge < -0.3 is 15.0 Å². The fourth-order valence-corrected chi connectivity index (χ4v) is 4.92. The molecule has 2 fully saturated rings. The average molecular weight is 410 g/mol. The van der Waals surface area contributed by atoms with Crippen molar-refractivity contribution in [2.75, 3.05) is 50.0 Å². The molecule has 0 aliphatic carbocycles. The summed E-state index contributed by atoms with van der Waals surface area (Å²) in [6.45, 7) is 7.81. The molecule has 2 heterocycles. The Hall–Kier alpha value is -1.64. The van der Waals surface area contributed by atoms with E-state index in [1.54, 1.807) is 6.92 Å². The molecule has 1 aromatic carbocycles. The molecule has 1 aromatic rings. The number of nitrogens with one attached hydrogen (secondary N) is 1. The van der Waals surface area contributed by atoms with E-state index in [0.717, 1.165) is 31.9 Å². The van der Waals surface area contributed by atoms with Crippen LogP contribution in [-0.4, -0.2) is 63.8 Å². The molecular formula is C20H31N3O4S. The number of carbonyl (C=O) groups is 1. The highest BCUT2D eigenvalue weighted by atomic mass is 32.2. The summed E-state index contributed by atoms with van der Waals surface area (Å²) in [5.41, 5.74) is 2.24. The Morgan fingerprint density at radius 2 is 1.75 bits per heavy atom. The first-order valence-corrected chi connectivity index (χ1v) is 11.7. The summed E-state index contributed by atoms with van der Waals surface area (Å²) in [4.78, 5) is 14.9. The van der Waals surface area contributed by atoms with Crippen LogP contribution in [0.4, 0.5) is 5.69 Å². The van der Waals surface area contributed by atoms with E-state index in [1.165, 1.54) is 9.99 Å². The predicted octanol–water partition coefficient (Wildman–Crippen LogP) is 1.76. The normalized spacial score (nSPS) is 20.7. The van der Waals surface area contributed by atoms with Gasteiger partial charge in [0, 0.05) is 37.8 Å². The second-order valence-electron chi connectivity index (χ2n) is 7.50. The van der Waals surface area contributed by atoms with E-state index in [-0.39, 0.29) is 23.6 Å². The van der Waals surface area contributed by atoms with Gasteiger partial charge in [-0.15, -0.1) is 0 Å². The number of morpholine rings is 1. The highest BCUT2D eigenvalue weighted by molar-refractivity contribution is 7.89. The van der Waals surface area contributed by atoms with Crippen molar-refractivity contribution in [2.45, 2.75) is 32.7 Å². The zero-order valence-corrected chi connectivity index (χ0v) is 17.6. The minimum atomic E-state index is -3.16. The molecule has 3 rings (SSSR count). The third-order valence-corrected chi connectivity index (χ3v) is 7.59. The highest BCUT2D eigenvalue weighted by Crippen LogP contribution is 2.23. The van der Waals surface area contributed by atoms with Crippen molar-refractivity contribution in [3.8, 4) is 0 Å². The summed E-state index contributed by atoms with van der Waals surface area (Å²) in [7, 11) is -3.16. The van der Waals surface area contributed by atoms with Gasteiger partial charge in [-0.2, -0.15) is 0 Å². The standard InChI is InChI=1S/C20H31N3O4S/c1-3-28(25,26)23-10-8-18(9-11-23)20(24)21-16(2)17-4-6-19(7-5-17)22-12-14-27-15-13-22/h4-7,16,18H,3,8-15H2,1-2H3,(H,21,24). The van der Waals surface area contributed by atoms with E-state index in [2.05, 4.69) is 34.5 Å². The molecule has 0 bridgehead atoms. The average Bonchev–Trinajstić information content (AvgIpc) is 2.74. The van der Waals surface area contributed by atoms with Crippen LogP contribution in [0.5, 0.6) is 0 Å². The lowest BCUT2D eigenvalue weighted by molar-refractivity contribution is -0.126. The molecule has 1 atom stereocenters. The molecule has 2 aliphatic rings. The number of rotatable bonds is 6. The van der Waals surface area contributed by atoms with Gasteiger partial charge >= 0.3 is 0 Å². The number of anilines is 1. The second kappa shape index (κ2) is 9.24. The first-order chi connectivity index (χ1) is 13.4. The number of hydrogen-bond acceptors (Lipinski definition) is 5. The first kappa shape index (κ1) is 21.1. The van der Waals surface area contributed by atoms with Gasteiger partial charge in [-0.3, -0.25) is 4.79 Å². The summed E-state index contributed by atoms with van der Waals surface area (Å²) in [6, 6.07) is 8.23.